The maximum Gasteiger partial charge on any atom is 0.274 e. The largest absolute Gasteiger partial charge is 0.395 e. The fraction of sp³-hybridized carbons (Fsp3) is 0.667. The fourth-order valence-corrected chi connectivity index (χ4v) is 2.98. The number of H-pyrrole nitrogens is 1. The van der Waals surface area contributed by atoms with Crippen LogP contribution in [0.25, 0.3) is 0 Å². The normalized spacial score (nSPS) is 30.4. The number of nitrogens with two attached hydrogens (primary N) is 1. The lowest BCUT2D eigenvalue weighted by Gasteiger charge is -2.44. The number of amides is 1. The van der Waals surface area contributed by atoms with Gasteiger partial charge in [-0.3, -0.25) is 9.89 Å². The van der Waals surface area contributed by atoms with E-state index in [-0.39, 0.29) is 11.9 Å². The highest BCUT2D eigenvalue weighted by molar-refractivity contribution is 5.97. The summed E-state index contributed by atoms with van der Waals surface area (Å²) in [5.41, 5.74) is 7.34. The number of aryl methyl sites for hydroxylation is 1. The molecule has 6 heteroatoms. The SMILES string of the molecule is Cc1[nH]nc(C(=O)NC2CN3CCC2CC3)c1N. The van der Waals surface area contributed by atoms with Crippen LogP contribution >= 0.6 is 0 Å². The van der Waals surface area contributed by atoms with E-state index in [1.54, 1.807) is 0 Å². The Morgan fingerprint density at radius 1 is 1.50 bits per heavy atom. The molecule has 3 fully saturated rings. The first-order valence-corrected chi connectivity index (χ1v) is 6.49. The average Bonchev–Trinajstić information content (AvgIpc) is 2.71. The molecule has 6 nitrogen and oxygen atoms in total. The highest BCUT2D eigenvalue weighted by atomic mass is 16.2. The van der Waals surface area contributed by atoms with Crippen molar-refractivity contribution in [1.82, 2.24) is 20.4 Å². The minimum Gasteiger partial charge on any atom is -0.395 e. The van der Waals surface area contributed by atoms with E-state index in [4.69, 9.17) is 5.73 Å². The van der Waals surface area contributed by atoms with Crippen LogP contribution in [0.5, 0.6) is 0 Å². The second kappa shape index (κ2) is 4.28. The molecule has 0 saturated carbocycles. The first-order chi connectivity index (χ1) is 8.65. The van der Waals surface area contributed by atoms with Crippen LogP contribution in [0.4, 0.5) is 5.69 Å². The van der Waals surface area contributed by atoms with Crippen molar-refractivity contribution in [2.75, 3.05) is 25.4 Å². The number of aromatic nitrogens is 2. The lowest BCUT2D eigenvalue weighted by molar-refractivity contribution is 0.0618. The van der Waals surface area contributed by atoms with Crippen molar-refractivity contribution in [3.8, 4) is 0 Å². The first kappa shape index (κ1) is 11.5. The van der Waals surface area contributed by atoms with Gasteiger partial charge in [-0.2, -0.15) is 5.10 Å². The van der Waals surface area contributed by atoms with E-state index < -0.39 is 0 Å². The van der Waals surface area contributed by atoms with Gasteiger partial charge in [0.05, 0.1) is 11.4 Å². The Labute approximate surface area is 106 Å². The molecule has 4 rings (SSSR count). The van der Waals surface area contributed by atoms with Crippen molar-refractivity contribution in [1.29, 1.82) is 0 Å². The third kappa shape index (κ3) is 1.86. The molecule has 0 spiro atoms. The Hall–Kier alpha value is -1.56. The number of carbonyl (C=O) groups excluding carboxylic acids is 1. The molecule has 1 aromatic heterocycles. The van der Waals surface area contributed by atoms with Crippen molar-refractivity contribution >= 4 is 11.6 Å². The highest BCUT2D eigenvalue weighted by Gasteiger charge is 2.35. The van der Waals surface area contributed by atoms with Crippen LogP contribution < -0.4 is 11.1 Å². The number of nitrogens with zero attached hydrogens (tertiary/aromatic N) is 2. The van der Waals surface area contributed by atoms with E-state index in [0.717, 1.165) is 12.2 Å². The Bertz CT molecular complexity index is 461. The minimum absolute atomic E-state index is 0.157. The Morgan fingerprint density at radius 3 is 2.72 bits per heavy atom. The predicted octanol–water partition coefficient (Wildman–Crippen LogP) is 0.124. The van der Waals surface area contributed by atoms with Gasteiger partial charge in [0, 0.05) is 12.6 Å². The number of nitrogen functional groups attached to an aromatic ring is 1. The minimum atomic E-state index is -0.157. The summed E-state index contributed by atoms with van der Waals surface area (Å²) in [6, 6.07) is 0.247. The van der Waals surface area contributed by atoms with Gasteiger partial charge in [-0.05, 0) is 38.8 Å². The molecule has 1 aromatic rings. The van der Waals surface area contributed by atoms with Gasteiger partial charge in [0.1, 0.15) is 0 Å². The van der Waals surface area contributed by atoms with Crippen LogP contribution in [0.2, 0.25) is 0 Å². The van der Waals surface area contributed by atoms with Crippen molar-refractivity contribution < 1.29 is 4.79 Å². The summed E-state index contributed by atoms with van der Waals surface area (Å²) in [7, 11) is 0. The molecule has 3 aliphatic heterocycles. The third-order valence-corrected chi connectivity index (χ3v) is 4.18. The number of anilines is 1. The molecule has 1 amide bonds. The predicted molar refractivity (Wildman–Crippen MR) is 68.2 cm³/mol. The van der Waals surface area contributed by atoms with Gasteiger partial charge in [0.15, 0.2) is 5.69 Å². The van der Waals surface area contributed by atoms with Gasteiger partial charge in [0.25, 0.3) is 5.91 Å². The summed E-state index contributed by atoms with van der Waals surface area (Å²) < 4.78 is 0. The Balaban J connectivity index is 1.70. The number of nitrogens with one attached hydrogen (secondary N) is 2. The zero-order chi connectivity index (χ0) is 12.7. The maximum atomic E-state index is 12.1. The number of carbonyl (C=O) groups is 1. The molecule has 1 atom stereocenters. The zero-order valence-corrected chi connectivity index (χ0v) is 10.6. The van der Waals surface area contributed by atoms with E-state index in [1.165, 1.54) is 25.9 Å². The van der Waals surface area contributed by atoms with Gasteiger partial charge < -0.3 is 16.0 Å². The number of hydrogen-bond acceptors (Lipinski definition) is 4. The summed E-state index contributed by atoms with van der Waals surface area (Å²) in [5.74, 6) is 0.454. The molecule has 3 saturated heterocycles. The molecule has 98 valence electrons. The first-order valence-electron chi connectivity index (χ1n) is 6.49. The molecule has 4 N–H and O–H groups in total. The number of piperidine rings is 3. The van der Waals surface area contributed by atoms with Gasteiger partial charge in [-0.15, -0.1) is 0 Å². The van der Waals surface area contributed by atoms with E-state index in [9.17, 15) is 4.79 Å². The number of rotatable bonds is 2. The van der Waals surface area contributed by atoms with E-state index in [2.05, 4.69) is 20.4 Å². The lowest BCUT2D eigenvalue weighted by atomic mass is 9.84. The van der Waals surface area contributed by atoms with E-state index >= 15 is 0 Å². The molecule has 0 aliphatic carbocycles. The number of aromatic amines is 1. The zero-order valence-electron chi connectivity index (χ0n) is 10.6. The van der Waals surface area contributed by atoms with Crippen LogP contribution in [0.15, 0.2) is 0 Å². The molecule has 4 heterocycles. The van der Waals surface area contributed by atoms with Gasteiger partial charge in [-0.25, -0.2) is 0 Å². The average molecular weight is 249 g/mol. The third-order valence-electron chi connectivity index (χ3n) is 4.18. The van der Waals surface area contributed by atoms with Crippen LogP contribution in [0.3, 0.4) is 0 Å². The second-order valence-electron chi connectivity index (χ2n) is 5.33. The summed E-state index contributed by atoms with van der Waals surface area (Å²) in [5, 5.41) is 9.79. The molecule has 0 aromatic carbocycles. The van der Waals surface area contributed by atoms with Crippen molar-refractivity contribution in [3.05, 3.63) is 11.4 Å². The van der Waals surface area contributed by atoms with Crippen LogP contribution in [-0.2, 0) is 0 Å². The van der Waals surface area contributed by atoms with Gasteiger partial charge in [-0.1, -0.05) is 0 Å². The standard InChI is InChI=1S/C12H19N5O/c1-7-10(13)11(16-15-7)12(18)14-9-6-17-4-2-8(9)3-5-17/h8-9H,2-6,13H2,1H3,(H,14,18)(H,15,16). The maximum absolute atomic E-state index is 12.1. The molecular formula is C12H19N5O. The summed E-state index contributed by atoms with van der Waals surface area (Å²) in [6.45, 7) is 5.11. The molecule has 18 heavy (non-hydrogen) atoms. The molecule has 3 aliphatic rings. The van der Waals surface area contributed by atoms with Crippen LogP contribution in [-0.4, -0.2) is 46.7 Å². The monoisotopic (exact) mass is 249 g/mol. The Kier molecular flexibility index (Phi) is 2.74. The number of hydrogen-bond donors (Lipinski definition) is 3. The van der Waals surface area contributed by atoms with Crippen LogP contribution in [0, 0.1) is 12.8 Å². The molecule has 2 bridgehead atoms. The summed E-state index contributed by atoms with van der Waals surface area (Å²) >= 11 is 0. The molecule has 0 radical (unpaired) electrons. The second-order valence-corrected chi connectivity index (χ2v) is 5.33. The lowest BCUT2D eigenvalue weighted by Crippen LogP contribution is -2.57. The van der Waals surface area contributed by atoms with Gasteiger partial charge in [0.2, 0.25) is 0 Å². The summed E-state index contributed by atoms with van der Waals surface area (Å²) in [4.78, 5) is 14.5. The highest BCUT2D eigenvalue weighted by Crippen LogP contribution is 2.27. The summed E-state index contributed by atoms with van der Waals surface area (Å²) in [6.07, 6.45) is 2.36. The number of fused-ring (bicyclic) bond motifs is 3. The van der Waals surface area contributed by atoms with Crippen molar-refractivity contribution in [2.45, 2.75) is 25.8 Å². The fourth-order valence-electron chi connectivity index (χ4n) is 2.98. The van der Waals surface area contributed by atoms with Crippen molar-refractivity contribution in [3.63, 3.8) is 0 Å². The topological polar surface area (TPSA) is 87.0 Å². The van der Waals surface area contributed by atoms with Crippen molar-refractivity contribution in [2.24, 2.45) is 5.92 Å². The smallest absolute Gasteiger partial charge is 0.274 e. The van der Waals surface area contributed by atoms with Crippen LogP contribution in [0.1, 0.15) is 29.0 Å². The van der Waals surface area contributed by atoms with E-state index in [1.807, 2.05) is 6.92 Å². The molecule has 1 unspecified atom stereocenters. The Morgan fingerprint density at radius 2 is 2.22 bits per heavy atom. The molecular weight excluding hydrogens is 230 g/mol. The van der Waals surface area contributed by atoms with Gasteiger partial charge >= 0.3 is 0 Å². The van der Waals surface area contributed by atoms with E-state index in [0.29, 0.717) is 17.3 Å². The quantitative estimate of drug-likeness (QED) is 0.695.